The van der Waals surface area contributed by atoms with Crippen LogP contribution in [0.3, 0.4) is 0 Å². The van der Waals surface area contributed by atoms with E-state index in [0.717, 1.165) is 5.56 Å². The monoisotopic (exact) mass is 182 g/mol. The second-order valence-electron chi connectivity index (χ2n) is 2.51. The fourth-order valence-corrected chi connectivity index (χ4v) is 0.990. The Balaban J connectivity index is 2.93. The van der Waals surface area contributed by atoms with E-state index in [1.807, 2.05) is 13.0 Å². The highest BCUT2D eigenvalue weighted by Crippen LogP contribution is 2.23. The summed E-state index contributed by atoms with van der Waals surface area (Å²) in [5.41, 5.74) is 6.76. The number of thiocarbonyl (C=S) groups is 1. The summed E-state index contributed by atoms with van der Waals surface area (Å²) in [6.07, 6.45) is 0. The molecule has 4 heteroatoms. The van der Waals surface area contributed by atoms with Crippen molar-refractivity contribution in [1.82, 2.24) is 0 Å². The van der Waals surface area contributed by atoms with Crippen LogP contribution in [0.1, 0.15) is 5.56 Å². The summed E-state index contributed by atoms with van der Waals surface area (Å²) in [5, 5.41) is 12.2. The maximum absolute atomic E-state index is 9.36. The van der Waals surface area contributed by atoms with Gasteiger partial charge in [0.15, 0.2) is 5.11 Å². The van der Waals surface area contributed by atoms with E-state index in [0.29, 0.717) is 5.69 Å². The highest BCUT2D eigenvalue weighted by atomic mass is 32.1. The van der Waals surface area contributed by atoms with E-state index in [1.54, 1.807) is 12.1 Å². The van der Waals surface area contributed by atoms with Crippen LogP contribution in [0.5, 0.6) is 5.75 Å². The van der Waals surface area contributed by atoms with Gasteiger partial charge in [0.25, 0.3) is 0 Å². The Morgan fingerprint density at radius 2 is 2.25 bits per heavy atom. The normalized spacial score (nSPS) is 9.42. The van der Waals surface area contributed by atoms with E-state index >= 15 is 0 Å². The molecule has 0 saturated heterocycles. The van der Waals surface area contributed by atoms with Crippen LogP contribution in [-0.2, 0) is 0 Å². The van der Waals surface area contributed by atoms with E-state index in [2.05, 4.69) is 17.5 Å². The molecule has 12 heavy (non-hydrogen) atoms. The topological polar surface area (TPSA) is 58.3 Å². The summed E-state index contributed by atoms with van der Waals surface area (Å²) >= 11 is 4.63. The molecule has 0 aliphatic heterocycles. The minimum Gasteiger partial charge on any atom is -0.506 e. The number of benzene rings is 1. The quantitative estimate of drug-likeness (QED) is 0.453. The summed E-state index contributed by atoms with van der Waals surface area (Å²) in [4.78, 5) is 0. The molecule has 0 bridgehead atoms. The van der Waals surface area contributed by atoms with E-state index in [1.165, 1.54) is 0 Å². The van der Waals surface area contributed by atoms with Gasteiger partial charge in [-0.2, -0.15) is 0 Å². The van der Waals surface area contributed by atoms with Crippen LogP contribution in [0.25, 0.3) is 0 Å². The van der Waals surface area contributed by atoms with Crippen molar-refractivity contribution in [3.05, 3.63) is 23.8 Å². The molecule has 0 radical (unpaired) electrons. The molecule has 1 aromatic carbocycles. The molecule has 3 nitrogen and oxygen atoms in total. The zero-order valence-electron chi connectivity index (χ0n) is 6.66. The molecule has 4 N–H and O–H groups in total. The SMILES string of the molecule is Cc1ccc(NC(N)=S)c(O)c1. The Labute approximate surface area is 76.2 Å². The third-order valence-corrected chi connectivity index (χ3v) is 1.51. The fraction of sp³-hybridized carbons (Fsp3) is 0.125. The third kappa shape index (κ3) is 2.10. The molecule has 0 atom stereocenters. The number of nitrogens with two attached hydrogens (primary N) is 1. The van der Waals surface area contributed by atoms with Gasteiger partial charge in [-0.05, 0) is 36.8 Å². The number of hydrogen-bond donors (Lipinski definition) is 3. The molecular weight excluding hydrogens is 172 g/mol. The Hall–Kier alpha value is -1.29. The van der Waals surface area contributed by atoms with E-state index < -0.39 is 0 Å². The standard InChI is InChI=1S/C8H10N2OS/c1-5-2-3-6(7(11)4-5)10-8(9)12/h2-4,11H,1H3,(H3,9,10,12). The molecule has 0 saturated carbocycles. The van der Waals surface area contributed by atoms with Gasteiger partial charge in [0, 0.05) is 0 Å². The van der Waals surface area contributed by atoms with E-state index in [-0.39, 0.29) is 10.9 Å². The van der Waals surface area contributed by atoms with Crippen LogP contribution in [0.2, 0.25) is 0 Å². The molecular formula is C8H10N2OS. The smallest absolute Gasteiger partial charge is 0.168 e. The molecule has 1 aromatic rings. The van der Waals surface area contributed by atoms with Gasteiger partial charge in [0.2, 0.25) is 0 Å². The Bertz CT molecular complexity index is 312. The third-order valence-electron chi connectivity index (χ3n) is 1.41. The van der Waals surface area contributed by atoms with Crippen molar-refractivity contribution >= 4 is 23.0 Å². The molecule has 0 spiro atoms. The van der Waals surface area contributed by atoms with Crippen molar-refractivity contribution in [1.29, 1.82) is 0 Å². The van der Waals surface area contributed by atoms with Crippen molar-refractivity contribution in [2.75, 3.05) is 5.32 Å². The summed E-state index contributed by atoms with van der Waals surface area (Å²) in [6.45, 7) is 1.89. The first kappa shape index (κ1) is 8.80. The van der Waals surface area contributed by atoms with Crippen LogP contribution >= 0.6 is 12.2 Å². The molecule has 64 valence electrons. The molecule has 0 aliphatic carbocycles. The van der Waals surface area contributed by atoms with Crippen LogP contribution in [0.4, 0.5) is 5.69 Å². The van der Waals surface area contributed by atoms with Crippen molar-refractivity contribution in [2.24, 2.45) is 5.73 Å². The number of phenolic OH excluding ortho intramolecular Hbond substituents is 1. The Kier molecular flexibility index (Phi) is 2.50. The summed E-state index contributed by atoms with van der Waals surface area (Å²) in [6, 6.07) is 5.23. The molecule has 0 amide bonds. The van der Waals surface area contributed by atoms with Gasteiger partial charge < -0.3 is 16.2 Å². The predicted octanol–water partition coefficient (Wildman–Crippen LogP) is 1.36. The molecule has 0 aliphatic rings. The van der Waals surface area contributed by atoms with Gasteiger partial charge in [-0.15, -0.1) is 0 Å². The number of anilines is 1. The molecule has 1 rings (SSSR count). The average Bonchev–Trinajstić information content (AvgIpc) is 1.94. The lowest BCUT2D eigenvalue weighted by Crippen LogP contribution is -2.18. The molecule has 0 heterocycles. The summed E-state index contributed by atoms with van der Waals surface area (Å²) in [5.74, 6) is 0.155. The first-order chi connectivity index (χ1) is 5.59. The number of hydrogen-bond acceptors (Lipinski definition) is 2. The number of rotatable bonds is 1. The van der Waals surface area contributed by atoms with Crippen LogP contribution in [0, 0.1) is 6.92 Å². The zero-order valence-corrected chi connectivity index (χ0v) is 7.48. The largest absolute Gasteiger partial charge is 0.506 e. The van der Waals surface area contributed by atoms with Crippen molar-refractivity contribution in [3.8, 4) is 5.75 Å². The number of nitrogens with one attached hydrogen (secondary N) is 1. The highest BCUT2D eigenvalue weighted by molar-refractivity contribution is 7.80. The summed E-state index contributed by atoms with van der Waals surface area (Å²) < 4.78 is 0. The van der Waals surface area contributed by atoms with Gasteiger partial charge in [-0.3, -0.25) is 0 Å². The minimum atomic E-state index is 0.147. The van der Waals surface area contributed by atoms with Crippen LogP contribution in [-0.4, -0.2) is 10.2 Å². The minimum absolute atomic E-state index is 0.147. The van der Waals surface area contributed by atoms with Crippen LogP contribution in [0.15, 0.2) is 18.2 Å². The Morgan fingerprint density at radius 3 is 2.75 bits per heavy atom. The maximum atomic E-state index is 9.36. The van der Waals surface area contributed by atoms with Gasteiger partial charge in [-0.25, -0.2) is 0 Å². The van der Waals surface area contributed by atoms with Crippen molar-refractivity contribution in [2.45, 2.75) is 6.92 Å². The van der Waals surface area contributed by atoms with E-state index in [4.69, 9.17) is 5.73 Å². The van der Waals surface area contributed by atoms with Gasteiger partial charge in [0.05, 0.1) is 5.69 Å². The molecule has 0 fully saturated rings. The van der Waals surface area contributed by atoms with Crippen molar-refractivity contribution in [3.63, 3.8) is 0 Å². The lowest BCUT2D eigenvalue weighted by atomic mass is 10.2. The first-order valence-corrected chi connectivity index (χ1v) is 3.86. The highest BCUT2D eigenvalue weighted by Gasteiger charge is 1.99. The summed E-state index contributed by atoms with van der Waals surface area (Å²) in [7, 11) is 0. The predicted molar refractivity (Wildman–Crippen MR) is 53.3 cm³/mol. The van der Waals surface area contributed by atoms with Gasteiger partial charge in [-0.1, -0.05) is 6.07 Å². The number of phenols is 1. The zero-order chi connectivity index (χ0) is 9.14. The fourth-order valence-electron chi connectivity index (χ4n) is 0.880. The number of aromatic hydroxyl groups is 1. The van der Waals surface area contributed by atoms with Gasteiger partial charge in [0.1, 0.15) is 5.75 Å². The maximum Gasteiger partial charge on any atom is 0.168 e. The second kappa shape index (κ2) is 3.40. The molecule has 0 aromatic heterocycles. The lowest BCUT2D eigenvalue weighted by molar-refractivity contribution is 0.477. The Morgan fingerprint density at radius 1 is 1.58 bits per heavy atom. The molecule has 0 unspecified atom stereocenters. The van der Waals surface area contributed by atoms with Crippen molar-refractivity contribution < 1.29 is 5.11 Å². The number of aryl methyl sites for hydroxylation is 1. The average molecular weight is 182 g/mol. The second-order valence-corrected chi connectivity index (χ2v) is 2.95. The van der Waals surface area contributed by atoms with Crippen LogP contribution < -0.4 is 11.1 Å². The van der Waals surface area contributed by atoms with Gasteiger partial charge >= 0.3 is 0 Å². The first-order valence-electron chi connectivity index (χ1n) is 3.45. The van der Waals surface area contributed by atoms with E-state index in [9.17, 15) is 5.11 Å². The lowest BCUT2D eigenvalue weighted by Gasteiger charge is -2.06.